The number of para-hydroxylation sites is 1. The second kappa shape index (κ2) is 9.13. The first-order valence-electron chi connectivity index (χ1n) is 9.89. The van der Waals surface area contributed by atoms with Crippen molar-refractivity contribution in [1.29, 1.82) is 0 Å². The van der Waals surface area contributed by atoms with Crippen LogP contribution in [0.1, 0.15) is 5.56 Å². The zero-order chi connectivity index (χ0) is 21.6. The van der Waals surface area contributed by atoms with Gasteiger partial charge in [-0.15, -0.1) is 0 Å². The summed E-state index contributed by atoms with van der Waals surface area (Å²) in [7, 11) is 1.56. The van der Waals surface area contributed by atoms with Crippen molar-refractivity contribution in [2.24, 2.45) is 0 Å². The van der Waals surface area contributed by atoms with Gasteiger partial charge in [0.05, 0.1) is 12.6 Å². The highest BCUT2D eigenvalue weighted by Crippen LogP contribution is 2.22. The monoisotopic (exact) mass is 414 g/mol. The molecule has 0 aliphatic carbocycles. The molecule has 4 aromatic rings. The van der Waals surface area contributed by atoms with E-state index in [1.165, 1.54) is 4.57 Å². The summed E-state index contributed by atoms with van der Waals surface area (Å²) in [6.07, 6.45) is 0.632. The van der Waals surface area contributed by atoms with Crippen LogP contribution in [-0.4, -0.2) is 22.7 Å². The number of fused-ring (bicyclic) bond motifs is 1. The second-order valence-corrected chi connectivity index (χ2v) is 6.96. The summed E-state index contributed by atoms with van der Waals surface area (Å²) in [6, 6.07) is 23.7. The number of carbonyl (C=O) groups is 1. The highest BCUT2D eigenvalue weighted by atomic mass is 16.5. The lowest BCUT2D eigenvalue weighted by molar-refractivity contribution is 0.262. The average Bonchev–Trinajstić information content (AvgIpc) is 2.79. The molecule has 1 heterocycles. The zero-order valence-corrected chi connectivity index (χ0v) is 17.0. The Kier molecular flexibility index (Phi) is 5.93. The molecule has 156 valence electrons. The summed E-state index contributed by atoms with van der Waals surface area (Å²) < 4.78 is 6.70. The highest BCUT2D eigenvalue weighted by Gasteiger charge is 2.14. The number of urea groups is 1. The number of amides is 2. The molecule has 2 amide bonds. The Balaban J connectivity index is 1.65. The Morgan fingerprint density at radius 3 is 2.55 bits per heavy atom. The lowest BCUT2D eigenvalue weighted by Crippen LogP contribution is -2.30. The van der Waals surface area contributed by atoms with Gasteiger partial charge in [-0.2, -0.15) is 4.98 Å². The van der Waals surface area contributed by atoms with Crippen LogP contribution in [-0.2, 0) is 13.0 Å². The van der Waals surface area contributed by atoms with Gasteiger partial charge in [0.15, 0.2) is 0 Å². The summed E-state index contributed by atoms with van der Waals surface area (Å²) in [4.78, 5) is 29.7. The normalized spacial score (nSPS) is 10.6. The molecule has 2 N–H and O–H groups in total. The van der Waals surface area contributed by atoms with Gasteiger partial charge in [0.1, 0.15) is 11.6 Å². The number of anilines is 2. The molecule has 0 radical (unpaired) electrons. The van der Waals surface area contributed by atoms with Crippen molar-refractivity contribution in [3.8, 4) is 5.75 Å². The van der Waals surface area contributed by atoms with Crippen molar-refractivity contribution in [1.82, 2.24) is 9.55 Å². The van der Waals surface area contributed by atoms with Gasteiger partial charge >= 0.3 is 11.7 Å². The largest absolute Gasteiger partial charge is 0.497 e. The van der Waals surface area contributed by atoms with E-state index in [-0.39, 0.29) is 0 Å². The maximum absolute atomic E-state index is 12.8. The van der Waals surface area contributed by atoms with Crippen LogP contribution in [0.2, 0.25) is 0 Å². The summed E-state index contributed by atoms with van der Waals surface area (Å²) in [5.41, 5.74) is 1.79. The number of benzene rings is 3. The van der Waals surface area contributed by atoms with Crippen LogP contribution in [0.25, 0.3) is 10.9 Å². The lowest BCUT2D eigenvalue weighted by Gasteiger charge is -2.16. The van der Waals surface area contributed by atoms with Crippen LogP contribution in [0.5, 0.6) is 5.75 Å². The Hall–Kier alpha value is -4.13. The first-order valence-corrected chi connectivity index (χ1v) is 9.89. The summed E-state index contributed by atoms with van der Waals surface area (Å²) in [6.45, 7) is 0.384. The molecule has 31 heavy (non-hydrogen) atoms. The molecule has 0 aliphatic heterocycles. The maximum Gasteiger partial charge on any atom is 0.349 e. The van der Waals surface area contributed by atoms with E-state index in [1.54, 1.807) is 37.4 Å². The number of hydrogen-bond acceptors (Lipinski definition) is 4. The number of nitrogens with one attached hydrogen (secondary N) is 2. The third kappa shape index (κ3) is 4.72. The first kappa shape index (κ1) is 20.2. The topological polar surface area (TPSA) is 85.2 Å². The van der Waals surface area contributed by atoms with Crippen molar-refractivity contribution >= 4 is 28.4 Å². The summed E-state index contributed by atoms with van der Waals surface area (Å²) in [5.74, 6) is 1.04. The molecule has 0 unspecified atom stereocenters. The van der Waals surface area contributed by atoms with E-state index < -0.39 is 11.7 Å². The molecule has 4 rings (SSSR count). The van der Waals surface area contributed by atoms with Gasteiger partial charge in [0, 0.05) is 23.7 Å². The predicted molar refractivity (Wildman–Crippen MR) is 122 cm³/mol. The van der Waals surface area contributed by atoms with Gasteiger partial charge in [-0.05, 0) is 36.2 Å². The van der Waals surface area contributed by atoms with Crippen molar-refractivity contribution in [2.45, 2.75) is 13.0 Å². The Morgan fingerprint density at radius 1 is 0.968 bits per heavy atom. The van der Waals surface area contributed by atoms with E-state index in [0.29, 0.717) is 41.1 Å². The first-order chi connectivity index (χ1) is 15.1. The third-order valence-electron chi connectivity index (χ3n) is 4.90. The molecule has 0 aliphatic rings. The third-order valence-corrected chi connectivity index (χ3v) is 4.90. The standard InChI is InChI=1S/C24H22N4O3/c1-31-19-11-7-10-18(16-19)25-23(29)27-22-20-12-5-6-13-21(20)26-24(30)28(22)15-14-17-8-3-2-4-9-17/h2-13,16H,14-15H2,1H3,(H2,25,27,29). The van der Waals surface area contributed by atoms with Crippen molar-refractivity contribution in [3.05, 3.63) is 94.9 Å². The van der Waals surface area contributed by atoms with Gasteiger partial charge in [-0.1, -0.05) is 48.5 Å². The van der Waals surface area contributed by atoms with Gasteiger partial charge in [-0.3, -0.25) is 9.88 Å². The predicted octanol–water partition coefficient (Wildman–Crippen LogP) is 4.29. The molecule has 0 saturated heterocycles. The summed E-state index contributed by atoms with van der Waals surface area (Å²) >= 11 is 0. The van der Waals surface area contributed by atoms with Crippen LogP contribution in [0.3, 0.4) is 0 Å². The quantitative estimate of drug-likeness (QED) is 0.493. The summed E-state index contributed by atoms with van der Waals surface area (Å²) in [5, 5.41) is 6.32. The number of nitrogens with zero attached hydrogens (tertiary/aromatic N) is 2. The van der Waals surface area contributed by atoms with Gasteiger partial charge in [0.25, 0.3) is 0 Å². The zero-order valence-electron chi connectivity index (χ0n) is 17.0. The molecule has 3 aromatic carbocycles. The van der Waals surface area contributed by atoms with Crippen molar-refractivity contribution in [3.63, 3.8) is 0 Å². The van der Waals surface area contributed by atoms with E-state index in [1.807, 2.05) is 48.5 Å². The molecule has 7 nitrogen and oxygen atoms in total. The number of aryl methyl sites for hydroxylation is 1. The molecule has 7 heteroatoms. The Bertz CT molecular complexity index is 1270. The fourth-order valence-electron chi connectivity index (χ4n) is 3.37. The number of carbonyl (C=O) groups excluding carboxylic acids is 1. The van der Waals surface area contributed by atoms with Gasteiger partial charge in [-0.25, -0.2) is 9.59 Å². The molecule has 0 bridgehead atoms. The van der Waals surface area contributed by atoms with Crippen molar-refractivity contribution < 1.29 is 9.53 Å². The maximum atomic E-state index is 12.8. The number of aromatic nitrogens is 2. The van der Waals surface area contributed by atoms with E-state index in [4.69, 9.17) is 4.74 Å². The molecule has 0 spiro atoms. The van der Waals surface area contributed by atoms with Gasteiger partial charge < -0.3 is 10.1 Å². The SMILES string of the molecule is COc1cccc(NC(=O)Nc2c3ccccc3nc(=O)n2CCc2ccccc2)c1. The Morgan fingerprint density at radius 2 is 1.74 bits per heavy atom. The minimum Gasteiger partial charge on any atom is -0.497 e. The van der Waals surface area contributed by atoms with E-state index >= 15 is 0 Å². The van der Waals surface area contributed by atoms with E-state index in [0.717, 1.165) is 5.56 Å². The fraction of sp³-hybridized carbons (Fsp3) is 0.125. The van der Waals surface area contributed by atoms with Crippen LogP contribution in [0, 0.1) is 0 Å². The number of hydrogen-bond donors (Lipinski definition) is 2. The molecule has 0 saturated carbocycles. The van der Waals surface area contributed by atoms with Gasteiger partial charge in [0.2, 0.25) is 0 Å². The molecular weight excluding hydrogens is 392 g/mol. The fourth-order valence-corrected chi connectivity index (χ4v) is 3.37. The van der Waals surface area contributed by atoms with E-state index in [2.05, 4.69) is 15.6 Å². The van der Waals surface area contributed by atoms with Crippen LogP contribution in [0.15, 0.2) is 83.7 Å². The molecular formula is C24H22N4O3. The lowest BCUT2D eigenvalue weighted by atomic mass is 10.1. The number of ether oxygens (including phenoxy) is 1. The Labute approximate surface area is 179 Å². The van der Waals surface area contributed by atoms with Crippen LogP contribution < -0.4 is 21.1 Å². The molecule has 0 fully saturated rings. The molecule has 0 atom stereocenters. The average molecular weight is 414 g/mol. The molecule has 1 aromatic heterocycles. The number of rotatable bonds is 6. The van der Waals surface area contributed by atoms with Crippen LogP contribution >= 0.6 is 0 Å². The van der Waals surface area contributed by atoms with E-state index in [9.17, 15) is 9.59 Å². The second-order valence-electron chi connectivity index (χ2n) is 6.96. The minimum atomic E-state index is -0.461. The number of methoxy groups -OCH3 is 1. The highest BCUT2D eigenvalue weighted by molar-refractivity contribution is 6.04. The van der Waals surface area contributed by atoms with Crippen molar-refractivity contribution in [2.75, 3.05) is 17.7 Å². The van der Waals surface area contributed by atoms with Crippen LogP contribution in [0.4, 0.5) is 16.3 Å². The minimum absolute atomic E-state index is 0.384. The smallest absolute Gasteiger partial charge is 0.349 e.